The lowest BCUT2D eigenvalue weighted by atomic mass is 10.3. The van der Waals surface area contributed by atoms with Crippen LogP contribution < -0.4 is 11.5 Å². The molecule has 0 fully saturated rings. The average Bonchev–Trinajstić information content (AvgIpc) is 2.08. The van der Waals surface area contributed by atoms with Gasteiger partial charge in [-0.05, 0) is 12.1 Å². The van der Waals surface area contributed by atoms with Gasteiger partial charge >= 0.3 is 6.03 Å². The van der Waals surface area contributed by atoms with E-state index in [1.54, 1.807) is 24.3 Å². The molecule has 13 heavy (non-hydrogen) atoms. The quantitative estimate of drug-likeness (QED) is 0.537. The van der Waals surface area contributed by atoms with Crippen LogP contribution in [0.3, 0.4) is 0 Å². The predicted molar refractivity (Wildman–Crippen MR) is 49.0 cm³/mol. The van der Waals surface area contributed by atoms with E-state index < -0.39 is 6.03 Å². The van der Waals surface area contributed by atoms with Crippen molar-refractivity contribution in [3.05, 3.63) is 30.3 Å². The van der Waals surface area contributed by atoms with Gasteiger partial charge in [-0.25, -0.2) is 4.79 Å². The number of amides is 2. The number of hydrogen-bond donors (Lipinski definition) is 3. The molecule has 1 rings (SSSR count). The van der Waals surface area contributed by atoms with Crippen LogP contribution in [0.15, 0.2) is 30.3 Å². The van der Waals surface area contributed by atoms with Gasteiger partial charge in [0.1, 0.15) is 12.5 Å². The normalized spacial score (nSPS) is 6.77. The maximum absolute atomic E-state index is 9.00. The smallest absolute Gasteiger partial charge is 0.309 e. The summed E-state index contributed by atoms with van der Waals surface area (Å²) in [6.45, 7) is 2.00. The van der Waals surface area contributed by atoms with Crippen LogP contribution in [0.1, 0.15) is 0 Å². The van der Waals surface area contributed by atoms with E-state index in [0.29, 0.717) is 5.75 Å². The molecule has 72 valence electrons. The van der Waals surface area contributed by atoms with Gasteiger partial charge in [0.15, 0.2) is 0 Å². The topological polar surface area (TPSA) is 106 Å². The second-order valence-electron chi connectivity index (χ2n) is 1.74. The first-order valence-electron chi connectivity index (χ1n) is 3.20. The fourth-order valence-corrected chi connectivity index (χ4v) is 0.428. The summed E-state index contributed by atoms with van der Waals surface area (Å²) in [6.07, 6.45) is 0. The zero-order valence-corrected chi connectivity index (χ0v) is 7.01. The average molecular weight is 184 g/mol. The first kappa shape index (κ1) is 13.5. The van der Waals surface area contributed by atoms with E-state index in [4.69, 9.17) is 14.7 Å². The summed E-state index contributed by atoms with van der Waals surface area (Å²) in [7, 11) is 0. The highest BCUT2D eigenvalue weighted by atomic mass is 16.3. The minimum atomic E-state index is -0.833. The third-order valence-corrected chi connectivity index (χ3v) is 0.756. The van der Waals surface area contributed by atoms with Gasteiger partial charge in [-0.15, -0.1) is 0 Å². The minimum absolute atomic E-state index is 0.322. The number of rotatable bonds is 0. The molecule has 0 heterocycles. The number of phenols is 1. The second-order valence-corrected chi connectivity index (χ2v) is 1.74. The van der Waals surface area contributed by atoms with Gasteiger partial charge in [0.05, 0.1) is 0 Å². The van der Waals surface area contributed by atoms with E-state index in [1.165, 1.54) is 0 Å². The Labute approximate surface area is 76.0 Å². The van der Waals surface area contributed by atoms with E-state index >= 15 is 0 Å². The molecule has 2 amide bonds. The highest BCUT2D eigenvalue weighted by Gasteiger charge is 1.74. The van der Waals surface area contributed by atoms with Crippen LogP contribution in [0, 0.1) is 0 Å². The number of benzene rings is 1. The minimum Gasteiger partial charge on any atom is -0.508 e. The Kier molecular flexibility index (Phi) is 10.4. The molecule has 0 aromatic heterocycles. The van der Waals surface area contributed by atoms with Crippen LogP contribution in [0.4, 0.5) is 4.79 Å². The molecular weight excluding hydrogens is 172 g/mol. The lowest BCUT2D eigenvalue weighted by Gasteiger charge is -1.82. The van der Waals surface area contributed by atoms with Gasteiger partial charge in [-0.2, -0.15) is 0 Å². The van der Waals surface area contributed by atoms with Gasteiger partial charge in [0.25, 0.3) is 0 Å². The highest BCUT2D eigenvalue weighted by Crippen LogP contribution is 2.02. The molecule has 1 aromatic rings. The Morgan fingerprint density at radius 1 is 1.15 bits per heavy atom. The Hall–Kier alpha value is -2.04. The van der Waals surface area contributed by atoms with Gasteiger partial charge in [0.2, 0.25) is 0 Å². The van der Waals surface area contributed by atoms with Crippen molar-refractivity contribution in [3.8, 4) is 5.75 Å². The lowest BCUT2D eigenvalue weighted by molar-refractivity contribution is -0.0979. The van der Waals surface area contributed by atoms with E-state index in [0.717, 1.165) is 0 Å². The molecule has 1 aromatic carbocycles. The number of aromatic hydroxyl groups is 1. The maximum Gasteiger partial charge on any atom is 0.309 e. The zero-order valence-electron chi connectivity index (χ0n) is 7.01. The van der Waals surface area contributed by atoms with E-state index in [2.05, 4.69) is 11.5 Å². The first-order chi connectivity index (χ1) is 6.13. The summed E-state index contributed by atoms with van der Waals surface area (Å²) in [4.78, 5) is 17.0. The number of nitrogens with two attached hydrogens (primary N) is 2. The van der Waals surface area contributed by atoms with E-state index in [-0.39, 0.29) is 0 Å². The molecule has 5 heteroatoms. The van der Waals surface area contributed by atoms with Crippen molar-refractivity contribution in [1.82, 2.24) is 0 Å². The molecule has 0 aliphatic carbocycles. The van der Waals surface area contributed by atoms with Crippen molar-refractivity contribution in [2.45, 2.75) is 0 Å². The highest BCUT2D eigenvalue weighted by molar-refractivity contribution is 5.69. The standard InChI is InChI=1S/C6H6O.CH4N2O.CH2O/c7-6-4-2-1-3-5-6;2-1(3)4;1-2/h1-5,7H;(H4,2,3,4);1H2. The van der Waals surface area contributed by atoms with E-state index in [9.17, 15) is 0 Å². The van der Waals surface area contributed by atoms with Crippen molar-refractivity contribution in [2.24, 2.45) is 11.5 Å². The molecule has 5 N–H and O–H groups in total. The number of primary amides is 2. The Bertz CT molecular complexity index is 222. The van der Waals surface area contributed by atoms with Crippen LogP contribution in [0.25, 0.3) is 0 Å². The maximum atomic E-state index is 9.00. The summed E-state index contributed by atoms with van der Waals surface area (Å²) in [5, 5.41) is 8.63. The Morgan fingerprint density at radius 3 is 1.62 bits per heavy atom. The van der Waals surface area contributed by atoms with Crippen LogP contribution in [-0.2, 0) is 4.79 Å². The second kappa shape index (κ2) is 9.96. The van der Waals surface area contributed by atoms with Crippen LogP contribution in [0.5, 0.6) is 5.75 Å². The van der Waals surface area contributed by atoms with Gasteiger partial charge in [0, 0.05) is 0 Å². The molecule has 0 bridgehead atoms. The van der Waals surface area contributed by atoms with Crippen LogP contribution in [0.2, 0.25) is 0 Å². The van der Waals surface area contributed by atoms with Crippen LogP contribution >= 0.6 is 0 Å². The first-order valence-corrected chi connectivity index (χ1v) is 3.20. The molecule has 0 saturated heterocycles. The van der Waals surface area contributed by atoms with Crippen molar-refractivity contribution < 1.29 is 14.7 Å². The molecule has 0 saturated carbocycles. The molecular formula is C8H12N2O3. The van der Waals surface area contributed by atoms with Crippen molar-refractivity contribution in [2.75, 3.05) is 0 Å². The van der Waals surface area contributed by atoms with Crippen molar-refractivity contribution >= 4 is 12.8 Å². The van der Waals surface area contributed by atoms with Crippen molar-refractivity contribution in [3.63, 3.8) is 0 Å². The molecule has 0 atom stereocenters. The Morgan fingerprint density at radius 2 is 1.46 bits per heavy atom. The fraction of sp³-hybridized carbons (Fsp3) is 0. The number of urea groups is 1. The molecule has 5 nitrogen and oxygen atoms in total. The van der Waals surface area contributed by atoms with Gasteiger partial charge in [-0.1, -0.05) is 18.2 Å². The summed E-state index contributed by atoms with van der Waals surface area (Å²) < 4.78 is 0. The Balaban J connectivity index is 0. The zero-order chi connectivity index (χ0) is 10.7. The number of para-hydroxylation sites is 1. The van der Waals surface area contributed by atoms with Crippen LogP contribution in [-0.4, -0.2) is 17.9 Å². The summed E-state index contributed by atoms with van der Waals surface area (Å²) in [5.41, 5.74) is 8.50. The summed E-state index contributed by atoms with van der Waals surface area (Å²) >= 11 is 0. The lowest BCUT2D eigenvalue weighted by Crippen LogP contribution is -2.18. The third-order valence-electron chi connectivity index (χ3n) is 0.756. The SMILES string of the molecule is C=O.NC(N)=O.Oc1ccccc1. The molecule has 0 aliphatic heterocycles. The number of carbonyl (C=O) groups excluding carboxylic acids is 2. The number of carbonyl (C=O) groups is 2. The fourth-order valence-electron chi connectivity index (χ4n) is 0.428. The summed E-state index contributed by atoms with van der Waals surface area (Å²) in [5.74, 6) is 0.322. The van der Waals surface area contributed by atoms with E-state index in [1.807, 2.05) is 12.9 Å². The van der Waals surface area contributed by atoms with Gasteiger partial charge in [-0.3, -0.25) is 0 Å². The third kappa shape index (κ3) is 17.8. The molecule has 0 radical (unpaired) electrons. The summed E-state index contributed by atoms with van der Waals surface area (Å²) in [6, 6.07) is 7.88. The monoisotopic (exact) mass is 184 g/mol. The van der Waals surface area contributed by atoms with Gasteiger partial charge < -0.3 is 21.4 Å². The molecule has 0 spiro atoms. The number of phenolic OH excluding ortho intramolecular Hbond substituents is 1. The largest absolute Gasteiger partial charge is 0.508 e. The predicted octanol–water partition coefficient (Wildman–Crippen LogP) is 0.231. The molecule has 0 aliphatic rings. The molecule has 0 unspecified atom stereocenters. The number of hydrogen-bond acceptors (Lipinski definition) is 3. The van der Waals surface area contributed by atoms with Crippen molar-refractivity contribution in [1.29, 1.82) is 0 Å².